The zero-order valence-electron chi connectivity index (χ0n) is 16.4. The molecule has 4 atom stereocenters. The van der Waals surface area contributed by atoms with E-state index in [1.54, 1.807) is 0 Å². The lowest BCUT2D eigenvalue weighted by molar-refractivity contribution is -0.217. The highest BCUT2D eigenvalue weighted by Gasteiger charge is 2.56. The van der Waals surface area contributed by atoms with Gasteiger partial charge in [0, 0.05) is 32.2 Å². The van der Waals surface area contributed by atoms with Crippen molar-refractivity contribution in [3.63, 3.8) is 0 Å². The summed E-state index contributed by atoms with van der Waals surface area (Å²) >= 11 is 0. The van der Waals surface area contributed by atoms with Crippen molar-refractivity contribution in [2.45, 2.75) is 100 Å². The van der Waals surface area contributed by atoms with E-state index in [2.05, 4.69) is 5.32 Å². The summed E-state index contributed by atoms with van der Waals surface area (Å²) < 4.78 is 24.5. The van der Waals surface area contributed by atoms with Crippen LogP contribution in [-0.2, 0) is 23.7 Å². The van der Waals surface area contributed by atoms with E-state index in [4.69, 9.17) is 24.1 Å². The minimum atomic E-state index is -1.02. The van der Waals surface area contributed by atoms with Gasteiger partial charge in [-0.25, -0.2) is 0 Å². The van der Waals surface area contributed by atoms with Crippen LogP contribution in [0.5, 0.6) is 0 Å². The maximum Gasteiger partial charge on any atom is 0.252 e. The van der Waals surface area contributed by atoms with Crippen molar-refractivity contribution in [2.75, 3.05) is 19.8 Å². The van der Waals surface area contributed by atoms with E-state index in [0.717, 1.165) is 44.9 Å². The number of aliphatic hydroxyl groups is 2. The van der Waals surface area contributed by atoms with Gasteiger partial charge in [-0.1, -0.05) is 12.8 Å². The smallest absolute Gasteiger partial charge is 0.252 e. The van der Waals surface area contributed by atoms with Crippen LogP contribution < -0.4 is 5.32 Å². The summed E-state index contributed by atoms with van der Waals surface area (Å²) in [6, 6.07) is 0. The van der Waals surface area contributed by atoms with Crippen molar-refractivity contribution in [1.29, 1.82) is 0 Å². The summed E-state index contributed by atoms with van der Waals surface area (Å²) in [5, 5.41) is 22.7. The molecule has 4 fully saturated rings. The third-order valence-corrected chi connectivity index (χ3v) is 6.49. The van der Waals surface area contributed by atoms with Gasteiger partial charge >= 0.3 is 0 Å². The summed E-state index contributed by atoms with van der Waals surface area (Å²) in [4.78, 5) is 12.6. The van der Waals surface area contributed by atoms with Gasteiger partial charge in [0.05, 0.1) is 13.2 Å². The Balaban J connectivity index is 1.47. The molecular weight excluding hydrogens is 366 g/mol. The molecule has 2 aliphatic carbocycles. The van der Waals surface area contributed by atoms with Gasteiger partial charge in [0.25, 0.3) is 5.91 Å². The molecule has 0 bridgehead atoms. The maximum atomic E-state index is 12.6. The molecule has 1 amide bonds. The Morgan fingerprint density at radius 3 is 2.25 bits per heavy atom. The maximum absolute atomic E-state index is 12.6. The second kappa shape index (κ2) is 8.53. The first kappa shape index (κ1) is 20.5. The quantitative estimate of drug-likeness (QED) is 0.633. The van der Waals surface area contributed by atoms with E-state index < -0.39 is 36.0 Å². The summed E-state index contributed by atoms with van der Waals surface area (Å²) in [5.74, 6) is -1.78. The molecule has 4 aliphatic rings. The molecule has 8 nitrogen and oxygen atoms in total. The highest BCUT2D eigenvalue weighted by molar-refractivity contribution is 5.81. The molecule has 2 aliphatic heterocycles. The van der Waals surface area contributed by atoms with E-state index in [1.165, 1.54) is 6.42 Å². The fraction of sp³-hybridized carbons (Fsp3) is 0.950. The van der Waals surface area contributed by atoms with Gasteiger partial charge in [-0.3, -0.25) is 4.79 Å². The molecule has 160 valence electrons. The van der Waals surface area contributed by atoms with E-state index >= 15 is 0 Å². The first-order valence-electron chi connectivity index (χ1n) is 10.8. The number of aliphatic hydroxyl groups excluding tert-OH is 2. The molecule has 2 spiro atoms. The molecule has 3 N–H and O–H groups in total. The normalized spacial score (nSPS) is 35.3. The van der Waals surface area contributed by atoms with Gasteiger partial charge in [-0.2, -0.15) is 0 Å². The van der Waals surface area contributed by atoms with Gasteiger partial charge in [0.1, 0.15) is 18.3 Å². The number of rotatable bonds is 5. The lowest BCUT2D eigenvalue weighted by Gasteiger charge is -2.34. The molecule has 2 saturated carbocycles. The SMILES string of the molecule is O=C(NCCO)[C@H]1OC2(CCCCC2)O[C@H]1[C@H](O)[C@H]1COC2(CCCCC2)O1. The molecule has 0 radical (unpaired) electrons. The Bertz CT molecular complexity index is 545. The minimum Gasteiger partial charge on any atom is -0.395 e. The Hall–Kier alpha value is -0.770. The molecule has 28 heavy (non-hydrogen) atoms. The highest BCUT2D eigenvalue weighted by atomic mass is 16.8. The topological polar surface area (TPSA) is 106 Å². The minimum absolute atomic E-state index is 0.140. The molecule has 0 aromatic rings. The van der Waals surface area contributed by atoms with E-state index in [9.17, 15) is 9.90 Å². The van der Waals surface area contributed by atoms with Crippen LogP contribution in [0.25, 0.3) is 0 Å². The lowest BCUT2D eigenvalue weighted by atomic mass is 9.94. The van der Waals surface area contributed by atoms with Gasteiger partial charge in [-0.15, -0.1) is 0 Å². The molecule has 0 unspecified atom stereocenters. The third-order valence-electron chi connectivity index (χ3n) is 6.49. The predicted octanol–water partition coefficient (Wildman–Crippen LogP) is 0.976. The van der Waals surface area contributed by atoms with Crippen molar-refractivity contribution >= 4 is 5.91 Å². The molecular formula is C20H33NO7. The molecule has 4 rings (SSSR count). The van der Waals surface area contributed by atoms with Gasteiger partial charge in [0.15, 0.2) is 17.7 Å². The van der Waals surface area contributed by atoms with Crippen LogP contribution in [0.15, 0.2) is 0 Å². The van der Waals surface area contributed by atoms with Crippen LogP contribution in [0, 0.1) is 0 Å². The summed E-state index contributed by atoms with van der Waals surface area (Å²) in [5.41, 5.74) is 0. The Morgan fingerprint density at radius 2 is 1.61 bits per heavy atom. The first-order chi connectivity index (χ1) is 13.6. The third kappa shape index (κ3) is 4.08. The second-order valence-corrected chi connectivity index (χ2v) is 8.54. The number of hydrogen-bond acceptors (Lipinski definition) is 7. The average molecular weight is 399 g/mol. The van der Waals surface area contributed by atoms with E-state index in [1.807, 2.05) is 0 Å². The Morgan fingerprint density at radius 1 is 0.964 bits per heavy atom. The van der Waals surface area contributed by atoms with Crippen molar-refractivity contribution in [1.82, 2.24) is 5.32 Å². The zero-order chi connectivity index (χ0) is 19.6. The zero-order valence-corrected chi connectivity index (χ0v) is 16.4. The van der Waals surface area contributed by atoms with Crippen molar-refractivity contribution < 1.29 is 34.0 Å². The van der Waals surface area contributed by atoms with Crippen LogP contribution in [0.2, 0.25) is 0 Å². The second-order valence-electron chi connectivity index (χ2n) is 8.54. The number of carbonyl (C=O) groups excluding carboxylic acids is 1. The number of carbonyl (C=O) groups is 1. The van der Waals surface area contributed by atoms with Crippen LogP contribution in [0.3, 0.4) is 0 Å². The van der Waals surface area contributed by atoms with Gasteiger partial charge in [0.2, 0.25) is 0 Å². The Labute approximate surface area is 165 Å². The molecule has 0 aromatic heterocycles. The van der Waals surface area contributed by atoms with Crippen LogP contribution >= 0.6 is 0 Å². The van der Waals surface area contributed by atoms with Crippen LogP contribution in [-0.4, -0.2) is 71.9 Å². The van der Waals surface area contributed by atoms with Crippen molar-refractivity contribution in [3.05, 3.63) is 0 Å². The van der Waals surface area contributed by atoms with Crippen LogP contribution in [0.4, 0.5) is 0 Å². The summed E-state index contributed by atoms with van der Waals surface area (Å²) in [6.45, 7) is 0.277. The van der Waals surface area contributed by atoms with Crippen molar-refractivity contribution in [3.8, 4) is 0 Å². The van der Waals surface area contributed by atoms with Gasteiger partial charge < -0.3 is 34.5 Å². The lowest BCUT2D eigenvalue weighted by Crippen LogP contribution is -2.50. The molecule has 0 aromatic carbocycles. The number of hydrogen-bond donors (Lipinski definition) is 3. The molecule has 8 heteroatoms. The molecule has 2 saturated heterocycles. The number of ether oxygens (including phenoxy) is 4. The number of nitrogens with one attached hydrogen (secondary N) is 1. The summed E-state index contributed by atoms with van der Waals surface area (Å²) in [7, 11) is 0. The average Bonchev–Trinajstić information content (AvgIpc) is 3.29. The van der Waals surface area contributed by atoms with Crippen LogP contribution in [0.1, 0.15) is 64.2 Å². The van der Waals surface area contributed by atoms with Crippen molar-refractivity contribution in [2.24, 2.45) is 0 Å². The van der Waals surface area contributed by atoms with E-state index in [0.29, 0.717) is 19.4 Å². The molecule has 2 heterocycles. The first-order valence-corrected chi connectivity index (χ1v) is 10.8. The van der Waals surface area contributed by atoms with Gasteiger partial charge in [-0.05, 0) is 25.7 Å². The fourth-order valence-corrected chi connectivity index (χ4v) is 5.00. The van der Waals surface area contributed by atoms with E-state index in [-0.39, 0.29) is 19.1 Å². The standard InChI is InChI=1S/C20H33NO7/c22-12-11-21-18(24)17-16(27-20(28-17)9-5-2-6-10-20)15(23)14-13-25-19(26-14)7-3-1-4-8-19/h14-17,22-23H,1-13H2,(H,21,24)/t14-,15-,16+,17+/m1/s1. The number of amides is 1. The highest BCUT2D eigenvalue weighted by Crippen LogP contribution is 2.44. The Kier molecular flexibility index (Phi) is 6.25. The fourth-order valence-electron chi connectivity index (χ4n) is 5.00. The predicted molar refractivity (Wildman–Crippen MR) is 98.3 cm³/mol. The monoisotopic (exact) mass is 399 g/mol. The summed E-state index contributed by atoms with van der Waals surface area (Å²) in [6.07, 6.45) is 6.15. The largest absolute Gasteiger partial charge is 0.395 e.